The number of carbonyl (C=O) groups excluding carboxylic acids is 1. The fourth-order valence-corrected chi connectivity index (χ4v) is 2.81. The lowest BCUT2D eigenvalue weighted by atomic mass is 10.1. The number of methoxy groups -OCH3 is 1. The number of carbonyl (C=O) groups is 1. The number of aliphatic hydroxyl groups excluding tert-OH is 1. The van der Waals surface area contributed by atoms with Gasteiger partial charge in [0.05, 0.1) is 13.2 Å². The molecule has 0 aromatic heterocycles. The highest BCUT2D eigenvalue weighted by molar-refractivity contribution is 5.68. The van der Waals surface area contributed by atoms with Crippen molar-refractivity contribution in [1.82, 2.24) is 0 Å². The van der Waals surface area contributed by atoms with Gasteiger partial charge >= 0.3 is 5.97 Å². The number of unbranched alkanes of at least 4 members (excludes halogenated alkanes) is 10. The molecular weight excluding hydrogens is 300 g/mol. The van der Waals surface area contributed by atoms with E-state index in [-0.39, 0.29) is 12.1 Å². The van der Waals surface area contributed by atoms with E-state index in [9.17, 15) is 9.90 Å². The molecule has 0 fully saturated rings. The summed E-state index contributed by atoms with van der Waals surface area (Å²) in [4.78, 5) is 10.9. The number of esters is 1. The Hall–Kier alpha value is -0.830. The molecule has 24 heavy (non-hydrogen) atoms. The van der Waals surface area contributed by atoms with E-state index < -0.39 is 0 Å². The molecule has 0 bridgehead atoms. The monoisotopic (exact) mass is 340 g/mol. The number of rotatable bonds is 17. The van der Waals surface area contributed by atoms with Gasteiger partial charge in [-0.05, 0) is 32.1 Å². The summed E-state index contributed by atoms with van der Waals surface area (Å²) in [7, 11) is 1.45. The van der Waals surface area contributed by atoms with Gasteiger partial charge in [0.25, 0.3) is 0 Å². The molecule has 1 atom stereocenters. The summed E-state index contributed by atoms with van der Waals surface area (Å²) in [5.74, 6) is -0.0899. The maximum absolute atomic E-state index is 10.9. The van der Waals surface area contributed by atoms with E-state index in [1.54, 1.807) is 0 Å². The standard InChI is InChI=1S/C21H40O3/c1-3-4-5-14-17-20(22)18-15-12-10-8-6-7-9-11-13-16-19-21(23)24-2/h12,15,20,22H,3-11,13-14,16-19H2,1-2H3/b15-12+. The average Bonchev–Trinajstić information content (AvgIpc) is 2.59. The molecule has 0 heterocycles. The van der Waals surface area contributed by atoms with Crippen LogP contribution in [0.1, 0.15) is 103 Å². The Morgan fingerprint density at radius 2 is 1.54 bits per heavy atom. The Bertz CT molecular complexity index is 299. The lowest BCUT2D eigenvalue weighted by molar-refractivity contribution is -0.140. The quantitative estimate of drug-likeness (QED) is 0.202. The molecule has 0 amide bonds. The minimum absolute atomic E-state index is 0.0899. The zero-order valence-electron chi connectivity index (χ0n) is 16.1. The summed E-state index contributed by atoms with van der Waals surface area (Å²) in [6.07, 6.45) is 21.0. The highest BCUT2D eigenvalue weighted by Gasteiger charge is 2.01. The normalized spacial score (nSPS) is 12.6. The Kier molecular flexibility index (Phi) is 17.9. The Morgan fingerprint density at radius 1 is 0.917 bits per heavy atom. The lowest BCUT2D eigenvalue weighted by Gasteiger charge is -2.07. The fourth-order valence-electron chi connectivity index (χ4n) is 2.81. The van der Waals surface area contributed by atoms with Crippen LogP contribution in [0.2, 0.25) is 0 Å². The highest BCUT2D eigenvalue weighted by atomic mass is 16.5. The summed E-state index contributed by atoms with van der Waals surface area (Å²) >= 11 is 0. The number of hydrogen-bond acceptors (Lipinski definition) is 3. The first kappa shape index (κ1) is 23.2. The number of ether oxygens (including phenoxy) is 1. The second-order valence-electron chi connectivity index (χ2n) is 6.80. The maximum Gasteiger partial charge on any atom is 0.305 e. The third-order valence-electron chi connectivity index (χ3n) is 4.45. The van der Waals surface area contributed by atoms with Gasteiger partial charge in [-0.1, -0.05) is 76.9 Å². The minimum Gasteiger partial charge on any atom is -0.469 e. The first-order valence-corrected chi connectivity index (χ1v) is 10.1. The van der Waals surface area contributed by atoms with Gasteiger partial charge in [-0.25, -0.2) is 0 Å². The van der Waals surface area contributed by atoms with Crippen LogP contribution in [0.15, 0.2) is 12.2 Å². The molecule has 1 N–H and O–H groups in total. The van der Waals surface area contributed by atoms with E-state index in [1.807, 2.05) is 0 Å². The summed E-state index contributed by atoms with van der Waals surface area (Å²) < 4.78 is 4.62. The van der Waals surface area contributed by atoms with E-state index in [2.05, 4.69) is 23.8 Å². The molecule has 0 aliphatic rings. The zero-order chi connectivity index (χ0) is 17.9. The Balaban J connectivity index is 3.24. The van der Waals surface area contributed by atoms with E-state index in [1.165, 1.54) is 58.5 Å². The van der Waals surface area contributed by atoms with E-state index in [0.29, 0.717) is 6.42 Å². The van der Waals surface area contributed by atoms with Gasteiger partial charge < -0.3 is 9.84 Å². The largest absolute Gasteiger partial charge is 0.469 e. The van der Waals surface area contributed by atoms with Crippen molar-refractivity contribution in [2.24, 2.45) is 0 Å². The number of hydrogen-bond donors (Lipinski definition) is 1. The zero-order valence-corrected chi connectivity index (χ0v) is 16.1. The SMILES string of the molecule is CCCCCCC(O)C/C=C/CCCCCCCCCC(=O)OC. The van der Waals surface area contributed by atoms with Crippen LogP contribution in [-0.4, -0.2) is 24.3 Å². The molecule has 0 radical (unpaired) electrons. The van der Waals surface area contributed by atoms with Crippen molar-refractivity contribution in [3.63, 3.8) is 0 Å². The molecule has 0 spiro atoms. The summed E-state index contributed by atoms with van der Waals surface area (Å²) in [5.41, 5.74) is 0. The van der Waals surface area contributed by atoms with Crippen molar-refractivity contribution in [1.29, 1.82) is 0 Å². The molecule has 3 nitrogen and oxygen atoms in total. The van der Waals surface area contributed by atoms with Crippen LogP contribution in [0.4, 0.5) is 0 Å². The Morgan fingerprint density at radius 3 is 2.21 bits per heavy atom. The molecular formula is C21H40O3. The predicted octanol–water partition coefficient (Wildman–Crippen LogP) is 5.95. The molecule has 1 unspecified atom stereocenters. The molecule has 0 rings (SSSR count). The van der Waals surface area contributed by atoms with Crippen molar-refractivity contribution in [3.8, 4) is 0 Å². The highest BCUT2D eigenvalue weighted by Crippen LogP contribution is 2.11. The smallest absolute Gasteiger partial charge is 0.305 e. The van der Waals surface area contributed by atoms with Crippen molar-refractivity contribution < 1.29 is 14.6 Å². The van der Waals surface area contributed by atoms with Crippen LogP contribution >= 0.6 is 0 Å². The molecule has 0 aromatic carbocycles. The van der Waals surface area contributed by atoms with Crippen LogP contribution in [0, 0.1) is 0 Å². The maximum atomic E-state index is 10.9. The van der Waals surface area contributed by atoms with Gasteiger partial charge in [0.1, 0.15) is 0 Å². The summed E-state index contributed by atoms with van der Waals surface area (Å²) in [5, 5.41) is 9.86. The van der Waals surface area contributed by atoms with Crippen LogP contribution in [0.5, 0.6) is 0 Å². The molecule has 0 saturated heterocycles. The van der Waals surface area contributed by atoms with E-state index >= 15 is 0 Å². The first-order valence-electron chi connectivity index (χ1n) is 10.1. The van der Waals surface area contributed by atoms with E-state index in [0.717, 1.165) is 38.5 Å². The number of allylic oxidation sites excluding steroid dienone is 1. The van der Waals surface area contributed by atoms with Crippen LogP contribution in [0.25, 0.3) is 0 Å². The third kappa shape index (κ3) is 17.5. The molecule has 3 heteroatoms. The van der Waals surface area contributed by atoms with Crippen molar-refractivity contribution in [2.75, 3.05) is 7.11 Å². The molecule has 0 saturated carbocycles. The van der Waals surface area contributed by atoms with Crippen molar-refractivity contribution in [2.45, 2.75) is 109 Å². The second-order valence-corrected chi connectivity index (χ2v) is 6.80. The Labute approximate surface area is 149 Å². The molecule has 0 aromatic rings. The number of aliphatic hydroxyl groups is 1. The van der Waals surface area contributed by atoms with E-state index in [4.69, 9.17) is 0 Å². The summed E-state index contributed by atoms with van der Waals surface area (Å²) in [6, 6.07) is 0. The van der Waals surface area contributed by atoms with Crippen molar-refractivity contribution >= 4 is 5.97 Å². The topological polar surface area (TPSA) is 46.5 Å². The lowest BCUT2D eigenvalue weighted by Crippen LogP contribution is -2.04. The van der Waals surface area contributed by atoms with Gasteiger partial charge in [0.2, 0.25) is 0 Å². The predicted molar refractivity (Wildman–Crippen MR) is 102 cm³/mol. The minimum atomic E-state index is -0.150. The van der Waals surface area contributed by atoms with Gasteiger partial charge in [-0.15, -0.1) is 0 Å². The summed E-state index contributed by atoms with van der Waals surface area (Å²) in [6.45, 7) is 2.21. The fraction of sp³-hybridized carbons (Fsp3) is 0.857. The average molecular weight is 341 g/mol. The van der Waals surface area contributed by atoms with Crippen LogP contribution < -0.4 is 0 Å². The first-order chi connectivity index (χ1) is 11.7. The van der Waals surface area contributed by atoms with Crippen molar-refractivity contribution in [3.05, 3.63) is 12.2 Å². The van der Waals surface area contributed by atoms with Crippen LogP contribution in [-0.2, 0) is 9.53 Å². The van der Waals surface area contributed by atoms with Gasteiger partial charge in [-0.2, -0.15) is 0 Å². The molecule has 142 valence electrons. The van der Waals surface area contributed by atoms with Gasteiger partial charge in [0.15, 0.2) is 0 Å². The third-order valence-corrected chi connectivity index (χ3v) is 4.45. The molecule has 0 aliphatic carbocycles. The second kappa shape index (κ2) is 18.5. The van der Waals surface area contributed by atoms with Gasteiger partial charge in [-0.3, -0.25) is 4.79 Å². The van der Waals surface area contributed by atoms with Gasteiger partial charge in [0, 0.05) is 6.42 Å². The molecule has 0 aliphatic heterocycles. The van der Waals surface area contributed by atoms with Crippen LogP contribution in [0.3, 0.4) is 0 Å².